The molecule has 0 aliphatic rings. The van der Waals surface area contributed by atoms with Crippen LogP contribution in [0.1, 0.15) is 34.7 Å². The zero-order valence-electron chi connectivity index (χ0n) is 16.6. The normalized spacial score (nSPS) is 11.6. The number of aromatic nitrogens is 3. The number of Topliss-reactive ketones (excluding diaryl/α,β-unsaturated/α-hetero) is 1. The molecule has 3 rings (SSSR count). The van der Waals surface area contributed by atoms with Crippen molar-refractivity contribution in [1.29, 1.82) is 0 Å². The van der Waals surface area contributed by atoms with Gasteiger partial charge in [0.2, 0.25) is 5.78 Å². The van der Waals surface area contributed by atoms with Gasteiger partial charge < -0.3 is 11.1 Å². The Balaban J connectivity index is 1.75. The Hall–Kier alpha value is -3.81. The smallest absolute Gasteiger partial charge is 0.287 e. The minimum Gasteiger partial charge on any atom is -0.363 e. The largest absolute Gasteiger partial charge is 0.363 e. The number of hydrogen-bond acceptors (Lipinski definition) is 5. The number of rotatable bonds is 9. The number of amides is 2. The van der Waals surface area contributed by atoms with Crippen LogP contribution in [-0.4, -0.2) is 38.2 Å². The van der Waals surface area contributed by atoms with Gasteiger partial charge in [0, 0.05) is 6.20 Å². The fourth-order valence-corrected chi connectivity index (χ4v) is 3.21. The van der Waals surface area contributed by atoms with Crippen LogP contribution in [0.25, 0.3) is 5.82 Å². The predicted octanol–water partition coefficient (Wildman–Crippen LogP) is 1.75. The van der Waals surface area contributed by atoms with Crippen molar-refractivity contribution in [3.63, 3.8) is 0 Å². The molecular formula is C22H23N5O3. The van der Waals surface area contributed by atoms with E-state index in [9.17, 15) is 14.4 Å². The molecule has 2 aromatic heterocycles. The third-order valence-electron chi connectivity index (χ3n) is 4.71. The van der Waals surface area contributed by atoms with Crippen molar-refractivity contribution in [3.05, 3.63) is 78.0 Å². The molecule has 1 atom stereocenters. The van der Waals surface area contributed by atoms with Crippen molar-refractivity contribution in [2.24, 2.45) is 5.73 Å². The van der Waals surface area contributed by atoms with E-state index in [2.05, 4.69) is 15.3 Å². The van der Waals surface area contributed by atoms with Gasteiger partial charge in [0.25, 0.3) is 11.8 Å². The standard InChI is InChI=1S/C22H23N5O3/c1-15-25-14-18(27(15)19-12-5-6-13-24-19)22(30)26-17(20(28)21(23)29)11-7-10-16-8-3-2-4-9-16/h2-6,8-9,12-14,17H,7,10-11H2,1H3,(H2,23,29)(H,26,30). The molecule has 3 aromatic rings. The first-order valence-corrected chi connectivity index (χ1v) is 9.61. The number of pyridine rings is 1. The maximum Gasteiger partial charge on any atom is 0.287 e. The van der Waals surface area contributed by atoms with Gasteiger partial charge in [0.05, 0.1) is 12.2 Å². The topological polar surface area (TPSA) is 120 Å². The van der Waals surface area contributed by atoms with Crippen molar-refractivity contribution in [1.82, 2.24) is 19.9 Å². The van der Waals surface area contributed by atoms with Crippen LogP contribution < -0.4 is 11.1 Å². The zero-order valence-corrected chi connectivity index (χ0v) is 16.6. The summed E-state index contributed by atoms with van der Waals surface area (Å²) in [4.78, 5) is 45.1. The van der Waals surface area contributed by atoms with E-state index in [-0.39, 0.29) is 5.69 Å². The summed E-state index contributed by atoms with van der Waals surface area (Å²) in [6, 6.07) is 14.1. The summed E-state index contributed by atoms with van der Waals surface area (Å²) >= 11 is 0. The molecule has 0 aliphatic carbocycles. The summed E-state index contributed by atoms with van der Waals surface area (Å²) < 4.78 is 1.59. The molecule has 1 aromatic carbocycles. The van der Waals surface area contributed by atoms with Gasteiger partial charge in [0.1, 0.15) is 17.3 Å². The number of nitrogens with one attached hydrogen (secondary N) is 1. The Labute approximate surface area is 174 Å². The van der Waals surface area contributed by atoms with Crippen LogP contribution in [-0.2, 0) is 16.0 Å². The van der Waals surface area contributed by atoms with Gasteiger partial charge in [-0.05, 0) is 43.9 Å². The summed E-state index contributed by atoms with van der Waals surface area (Å²) in [6.45, 7) is 1.75. The first-order valence-electron chi connectivity index (χ1n) is 9.61. The lowest BCUT2D eigenvalue weighted by Crippen LogP contribution is -2.46. The van der Waals surface area contributed by atoms with E-state index < -0.39 is 23.6 Å². The molecule has 0 saturated carbocycles. The van der Waals surface area contributed by atoms with Gasteiger partial charge in [-0.15, -0.1) is 0 Å². The van der Waals surface area contributed by atoms with Crippen molar-refractivity contribution < 1.29 is 14.4 Å². The number of imidazole rings is 1. The minimum atomic E-state index is -1.07. The summed E-state index contributed by atoms with van der Waals surface area (Å²) in [5.74, 6) is -1.33. The van der Waals surface area contributed by atoms with Crippen LogP contribution in [0.5, 0.6) is 0 Å². The fourth-order valence-electron chi connectivity index (χ4n) is 3.21. The molecule has 0 saturated heterocycles. The Morgan fingerprint density at radius 1 is 1.07 bits per heavy atom. The number of ketones is 1. The fraction of sp³-hybridized carbons (Fsp3) is 0.227. The lowest BCUT2D eigenvalue weighted by atomic mass is 10.0. The molecule has 8 nitrogen and oxygen atoms in total. The van der Waals surface area contributed by atoms with Crippen molar-refractivity contribution in [2.45, 2.75) is 32.2 Å². The number of nitrogens with two attached hydrogens (primary N) is 1. The first kappa shape index (κ1) is 20.9. The van der Waals surface area contributed by atoms with E-state index in [4.69, 9.17) is 5.73 Å². The number of benzene rings is 1. The number of primary amides is 1. The highest BCUT2D eigenvalue weighted by Crippen LogP contribution is 2.13. The van der Waals surface area contributed by atoms with Gasteiger partial charge in [-0.25, -0.2) is 9.97 Å². The van der Waals surface area contributed by atoms with Crippen molar-refractivity contribution >= 4 is 17.6 Å². The molecule has 0 fully saturated rings. The van der Waals surface area contributed by atoms with E-state index >= 15 is 0 Å². The highest BCUT2D eigenvalue weighted by molar-refractivity contribution is 6.37. The Bertz CT molecular complexity index is 1030. The van der Waals surface area contributed by atoms with Crippen LogP contribution in [0.15, 0.2) is 60.9 Å². The summed E-state index contributed by atoms with van der Waals surface area (Å²) in [5, 5.41) is 2.65. The lowest BCUT2D eigenvalue weighted by molar-refractivity contribution is -0.137. The number of carbonyl (C=O) groups is 3. The number of carbonyl (C=O) groups excluding carboxylic acids is 3. The first-order chi connectivity index (χ1) is 14.5. The van der Waals surface area contributed by atoms with Gasteiger partial charge >= 0.3 is 0 Å². The highest BCUT2D eigenvalue weighted by Gasteiger charge is 2.27. The van der Waals surface area contributed by atoms with E-state index in [0.717, 1.165) is 5.56 Å². The summed E-state index contributed by atoms with van der Waals surface area (Å²) in [7, 11) is 0. The molecular weight excluding hydrogens is 382 g/mol. The second-order valence-corrected chi connectivity index (χ2v) is 6.85. The summed E-state index contributed by atoms with van der Waals surface area (Å²) in [6.07, 6.45) is 4.63. The second kappa shape index (κ2) is 9.60. The van der Waals surface area contributed by atoms with Crippen molar-refractivity contribution in [3.8, 4) is 5.82 Å². The number of aryl methyl sites for hydroxylation is 2. The lowest BCUT2D eigenvalue weighted by Gasteiger charge is -2.17. The quantitative estimate of drug-likeness (QED) is 0.526. The Morgan fingerprint density at radius 3 is 2.47 bits per heavy atom. The SMILES string of the molecule is Cc1ncc(C(=O)NC(CCCc2ccccc2)C(=O)C(N)=O)n1-c1ccccn1. The molecule has 0 bridgehead atoms. The van der Waals surface area contributed by atoms with Crippen LogP contribution >= 0.6 is 0 Å². The minimum absolute atomic E-state index is 0.219. The van der Waals surface area contributed by atoms with Crippen LogP contribution in [0.3, 0.4) is 0 Å². The van der Waals surface area contributed by atoms with Gasteiger partial charge in [-0.1, -0.05) is 36.4 Å². The molecule has 0 spiro atoms. The second-order valence-electron chi connectivity index (χ2n) is 6.85. The molecule has 154 valence electrons. The van der Waals surface area contributed by atoms with Crippen LogP contribution in [0.2, 0.25) is 0 Å². The highest BCUT2D eigenvalue weighted by atomic mass is 16.2. The third-order valence-corrected chi connectivity index (χ3v) is 4.71. The maximum atomic E-state index is 12.9. The van der Waals surface area contributed by atoms with Crippen LogP contribution in [0, 0.1) is 6.92 Å². The average Bonchev–Trinajstić information content (AvgIpc) is 3.15. The molecule has 0 radical (unpaired) electrons. The van der Waals surface area contributed by atoms with Gasteiger partial charge in [0.15, 0.2) is 0 Å². The molecule has 8 heteroatoms. The molecule has 1 unspecified atom stereocenters. The average molecular weight is 405 g/mol. The van der Waals surface area contributed by atoms with E-state index in [1.54, 1.807) is 35.9 Å². The number of nitrogens with zero attached hydrogens (tertiary/aromatic N) is 3. The third kappa shape index (κ3) is 4.96. The molecule has 3 N–H and O–H groups in total. The molecule has 0 aliphatic heterocycles. The monoisotopic (exact) mass is 405 g/mol. The van der Waals surface area contributed by atoms with Crippen molar-refractivity contribution in [2.75, 3.05) is 0 Å². The maximum absolute atomic E-state index is 12.9. The van der Waals surface area contributed by atoms with Crippen LogP contribution in [0.4, 0.5) is 0 Å². The number of hydrogen-bond donors (Lipinski definition) is 2. The zero-order chi connectivity index (χ0) is 21.5. The molecule has 2 heterocycles. The van der Waals surface area contributed by atoms with E-state index in [1.165, 1.54) is 6.20 Å². The Morgan fingerprint density at radius 2 is 1.80 bits per heavy atom. The van der Waals surface area contributed by atoms with E-state index in [1.807, 2.05) is 30.3 Å². The molecule has 30 heavy (non-hydrogen) atoms. The molecule has 2 amide bonds. The van der Waals surface area contributed by atoms with Gasteiger partial charge in [-0.2, -0.15) is 0 Å². The van der Waals surface area contributed by atoms with E-state index in [0.29, 0.717) is 30.9 Å². The Kier molecular flexibility index (Phi) is 6.69. The van der Waals surface area contributed by atoms with Gasteiger partial charge in [-0.3, -0.25) is 19.0 Å². The predicted molar refractivity (Wildman–Crippen MR) is 111 cm³/mol. The summed E-state index contributed by atoms with van der Waals surface area (Å²) in [5.41, 5.74) is 6.52.